The largest absolute Gasteiger partial charge is 0.481 e. The van der Waals surface area contributed by atoms with Gasteiger partial charge >= 0.3 is 5.97 Å². The molecule has 1 N–H and O–H groups in total. The molecule has 0 bridgehead atoms. The van der Waals surface area contributed by atoms with Gasteiger partial charge < -0.3 is 5.11 Å². The van der Waals surface area contributed by atoms with Gasteiger partial charge in [0.2, 0.25) is 0 Å². The Hall–Kier alpha value is -2.33. The second kappa shape index (κ2) is 7.49. The summed E-state index contributed by atoms with van der Waals surface area (Å²) >= 11 is 1.62. The molecule has 0 radical (unpaired) electrons. The molecule has 3 rings (SSSR count). The number of thioether (sulfide) groups is 1. The van der Waals surface area contributed by atoms with E-state index in [0.29, 0.717) is 5.75 Å². The normalized spacial score (nSPS) is 10.9. The molecule has 0 amide bonds. The number of aliphatic carboxylic acids is 1. The highest BCUT2D eigenvalue weighted by Gasteiger charge is 2.14. The van der Waals surface area contributed by atoms with Gasteiger partial charge in [-0.05, 0) is 24.1 Å². The third-order valence-electron chi connectivity index (χ3n) is 3.93. The van der Waals surface area contributed by atoms with Gasteiger partial charge in [0.05, 0.1) is 11.9 Å². The Bertz CT molecular complexity index is 862. The number of carboxylic acid groups (broad SMARTS) is 1. The average molecular weight is 337 g/mol. The van der Waals surface area contributed by atoms with Crippen molar-refractivity contribution in [2.75, 3.05) is 5.75 Å². The van der Waals surface area contributed by atoms with Crippen molar-refractivity contribution < 1.29 is 9.90 Å². The van der Waals surface area contributed by atoms with Crippen molar-refractivity contribution in [2.45, 2.75) is 24.7 Å². The van der Waals surface area contributed by atoms with Gasteiger partial charge in [0, 0.05) is 28.1 Å². The van der Waals surface area contributed by atoms with E-state index in [2.05, 4.69) is 18.2 Å². The van der Waals surface area contributed by atoms with E-state index in [1.165, 1.54) is 11.1 Å². The number of rotatable bonds is 6. The highest BCUT2D eigenvalue weighted by atomic mass is 32.2. The fourth-order valence-electron chi connectivity index (χ4n) is 2.75. The van der Waals surface area contributed by atoms with Gasteiger partial charge in [-0.2, -0.15) is 0 Å². The molecule has 0 aliphatic rings. The number of aryl methyl sites for hydroxylation is 1. The molecule has 3 aromatic rings. The number of carbonyl (C=O) groups is 1. The van der Waals surface area contributed by atoms with E-state index < -0.39 is 5.97 Å². The molecule has 3 nitrogen and oxygen atoms in total. The number of benzene rings is 2. The zero-order chi connectivity index (χ0) is 16.9. The molecule has 2 aromatic carbocycles. The van der Waals surface area contributed by atoms with Gasteiger partial charge in [-0.25, -0.2) is 0 Å². The SMILES string of the molecule is Cc1nc2ccccc2c(SCCC(=O)O)c1Cc1ccccc1. The molecule has 0 unspecified atom stereocenters. The second-order valence-electron chi connectivity index (χ2n) is 5.68. The molecule has 0 spiro atoms. The van der Waals surface area contributed by atoms with Crippen LogP contribution in [0.2, 0.25) is 0 Å². The minimum atomic E-state index is -0.762. The van der Waals surface area contributed by atoms with Crippen LogP contribution in [0.15, 0.2) is 59.5 Å². The van der Waals surface area contributed by atoms with Gasteiger partial charge in [-0.3, -0.25) is 9.78 Å². The summed E-state index contributed by atoms with van der Waals surface area (Å²) < 4.78 is 0. The maximum absolute atomic E-state index is 10.9. The Morgan fingerprint density at radius 1 is 1.08 bits per heavy atom. The highest BCUT2D eigenvalue weighted by molar-refractivity contribution is 7.99. The maximum Gasteiger partial charge on any atom is 0.304 e. The second-order valence-corrected chi connectivity index (χ2v) is 6.78. The topological polar surface area (TPSA) is 50.2 Å². The summed E-state index contributed by atoms with van der Waals surface area (Å²) in [5.41, 5.74) is 4.40. The molecular formula is C20H19NO2S. The third kappa shape index (κ3) is 3.77. The van der Waals surface area contributed by atoms with E-state index in [4.69, 9.17) is 10.1 Å². The van der Waals surface area contributed by atoms with Crippen molar-refractivity contribution in [1.29, 1.82) is 0 Å². The number of para-hydroxylation sites is 1. The summed E-state index contributed by atoms with van der Waals surface area (Å²) in [5.74, 6) is -0.202. The fourth-order valence-corrected chi connectivity index (χ4v) is 3.95. The molecule has 0 saturated heterocycles. The van der Waals surface area contributed by atoms with E-state index in [-0.39, 0.29) is 6.42 Å². The first-order valence-corrected chi connectivity index (χ1v) is 8.90. The van der Waals surface area contributed by atoms with E-state index in [1.54, 1.807) is 11.8 Å². The first-order chi connectivity index (χ1) is 11.6. The summed E-state index contributed by atoms with van der Waals surface area (Å²) in [6.07, 6.45) is 0.963. The number of aromatic nitrogens is 1. The van der Waals surface area contributed by atoms with Crippen molar-refractivity contribution in [3.8, 4) is 0 Å². The van der Waals surface area contributed by atoms with Crippen LogP contribution in [0, 0.1) is 6.92 Å². The van der Waals surface area contributed by atoms with Crippen LogP contribution in [0.5, 0.6) is 0 Å². The lowest BCUT2D eigenvalue weighted by Crippen LogP contribution is -2.01. The Morgan fingerprint density at radius 3 is 2.54 bits per heavy atom. The molecule has 0 fully saturated rings. The van der Waals surface area contributed by atoms with Crippen LogP contribution in [0.1, 0.15) is 23.2 Å². The Labute approximate surface area is 145 Å². The van der Waals surface area contributed by atoms with E-state index >= 15 is 0 Å². The number of fused-ring (bicyclic) bond motifs is 1. The first-order valence-electron chi connectivity index (χ1n) is 7.92. The highest BCUT2D eigenvalue weighted by Crippen LogP contribution is 2.34. The van der Waals surface area contributed by atoms with Crippen LogP contribution < -0.4 is 0 Å². The monoisotopic (exact) mass is 337 g/mol. The predicted molar refractivity (Wildman–Crippen MR) is 98.7 cm³/mol. The maximum atomic E-state index is 10.9. The molecule has 0 atom stereocenters. The molecule has 4 heteroatoms. The quantitative estimate of drug-likeness (QED) is 0.662. The van der Waals surface area contributed by atoms with E-state index in [0.717, 1.165) is 27.9 Å². The summed E-state index contributed by atoms with van der Waals surface area (Å²) in [4.78, 5) is 16.8. The van der Waals surface area contributed by atoms with Gasteiger partial charge in [-0.15, -0.1) is 11.8 Å². The molecule has 122 valence electrons. The zero-order valence-corrected chi connectivity index (χ0v) is 14.3. The molecule has 1 aromatic heterocycles. The summed E-state index contributed by atoms with van der Waals surface area (Å²) in [6.45, 7) is 2.03. The van der Waals surface area contributed by atoms with Crippen LogP contribution in [0.25, 0.3) is 10.9 Å². The van der Waals surface area contributed by atoms with Crippen LogP contribution in [0.3, 0.4) is 0 Å². The number of hydrogen-bond donors (Lipinski definition) is 1. The van der Waals surface area contributed by atoms with Crippen molar-refractivity contribution >= 4 is 28.6 Å². The minimum Gasteiger partial charge on any atom is -0.481 e. The molecule has 0 aliphatic heterocycles. The van der Waals surface area contributed by atoms with Gasteiger partial charge in [0.1, 0.15) is 0 Å². The summed E-state index contributed by atoms with van der Waals surface area (Å²) in [5, 5.41) is 10.0. The van der Waals surface area contributed by atoms with Gasteiger partial charge in [-0.1, -0.05) is 48.5 Å². The lowest BCUT2D eigenvalue weighted by molar-refractivity contribution is -0.136. The van der Waals surface area contributed by atoms with Crippen molar-refractivity contribution in [3.63, 3.8) is 0 Å². The summed E-state index contributed by atoms with van der Waals surface area (Å²) in [7, 11) is 0. The number of nitrogens with zero attached hydrogens (tertiary/aromatic N) is 1. The Kier molecular flexibility index (Phi) is 5.16. The van der Waals surface area contributed by atoms with Gasteiger partial charge in [0.15, 0.2) is 0 Å². The van der Waals surface area contributed by atoms with Crippen LogP contribution >= 0.6 is 11.8 Å². The first kappa shape index (κ1) is 16.5. The van der Waals surface area contributed by atoms with Crippen LogP contribution in [0.4, 0.5) is 0 Å². The predicted octanol–water partition coefficient (Wildman–Crippen LogP) is 4.70. The molecule has 0 aliphatic carbocycles. The number of pyridine rings is 1. The molecule has 0 saturated carbocycles. The number of carboxylic acids is 1. The standard InChI is InChI=1S/C20H19NO2S/c1-14-17(13-15-7-3-2-4-8-15)20(24-12-11-19(22)23)16-9-5-6-10-18(16)21-14/h2-10H,11-13H2,1H3,(H,22,23). The van der Waals surface area contributed by atoms with Gasteiger partial charge in [0.25, 0.3) is 0 Å². The average Bonchev–Trinajstić information content (AvgIpc) is 2.58. The van der Waals surface area contributed by atoms with Crippen LogP contribution in [-0.2, 0) is 11.2 Å². The Balaban J connectivity index is 2.04. The molecule has 24 heavy (non-hydrogen) atoms. The lowest BCUT2D eigenvalue weighted by atomic mass is 10.0. The molecular weight excluding hydrogens is 318 g/mol. The third-order valence-corrected chi connectivity index (χ3v) is 5.10. The lowest BCUT2D eigenvalue weighted by Gasteiger charge is -2.15. The summed E-state index contributed by atoms with van der Waals surface area (Å²) in [6, 6.07) is 18.4. The minimum absolute atomic E-state index is 0.158. The van der Waals surface area contributed by atoms with Crippen molar-refractivity contribution in [1.82, 2.24) is 4.98 Å². The number of hydrogen-bond acceptors (Lipinski definition) is 3. The Morgan fingerprint density at radius 2 is 1.79 bits per heavy atom. The van der Waals surface area contributed by atoms with E-state index in [1.807, 2.05) is 43.3 Å². The van der Waals surface area contributed by atoms with E-state index in [9.17, 15) is 4.79 Å². The fraction of sp³-hybridized carbons (Fsp3) is 0.200. The van der Waals surface area contributed by atoms with Crippen molar-refractivity contribution in [2.24, 2.45) is 0 Å². The molecule has 1 heterocycles. The van der Waals surface area contributed by atoms with Crippen molar-refractivity contribution in [3.05, 3.63) is 71.4 Å². The zero-order valence-electron chi connectivity index (χ0n) is 13.5. The van der Waals surface area contributed by atoms with Crippen LogP contribution in [-0.4, -0.2) is 21.8 Å². The smallest absolute Gasteiger partial charge is 0.304 e.